The molecule has 4 aromatic carbocycles. The Kier molecular flexibility index (Phi) is 27.4. The van der Waals surface area contributed by atoms with Gasteiger partial charge in [-0.25, -0.2) is 9.59 Å². The van der Waals surface area contributed by atoms with E-state index in [1.165, 1.54) is 116 Å². The Morgan fingerprint density at radius 3 is 1.08 bits per heavy atom. The van der Waals surface area contributed by atoms with Crippen molar-refractivity contribution in [2.45, 2.75) is 182 Å². The van der Waals surface area contributed by atoms with Crippen LogP contribution in [0.2, 0.25) is 0 Å². The van der Waals surface area contributed by atoms with Crippen molar-refractivity contribution in [3.8, 4) is 65.1 Å². The highest BCUT2D eigenvalue weighted by Crippen LogP contribution is 2.42. The Balaban J connectivity index is 1.09. The standard InChI is InChI=1S/C66H86O8S2/c1-5-9-12-15-18-21-24-27-46-70-58-49-54(50-59(71-47-28-25-22-19-16-13-10-6-2)64(58)72-48-29-26-23-20-17-14-11-7-3)66(68)74-57-40-32-52(33-41-57)61-43-45-63(76-61)62-44-42-60(75-62)51-30-38-56(39-31-51)73-65(67)53-34-36-55(37-35-53)69-8-4/h30-45,49-50H,5-29,46-48H2,1-4H3. The van der Waals surface area contributed by atoms with Crippen LogP contribution in [0.4, 0.5) is 0 Å². The molecule has 76 heavy (non-hydrogen) atoms. The van der Waals surface area contributed by atoms with E-state index in [0.717, 1.165) is 69.2 Å². The third-order valence-corrected chi connectivity index (χ3v) is 16.0. The summed E-state index contributed by atoms with van der Waals surface area (Å²) in [4.78, 5) is 31.4. The molecule has 0 saturated carbocycles. The molecule has 0 spiro atoms. The number of carbonyl (C=O) groups is 2. The topological polar surface area (TPSA) is 89.5 Å². The van der Waals surface area contributed by atoms with E-state index in [1.54, 1.807) is 59.1 Å². The number of unbranched alkanes of at least 4 members (excludes halogenated alkanes) is 21. The lowest BCUT2D eigenvalue weighted by Crippen LogP contribution is -2.12. The quantitative estimate of drug-likeness (QED) is 0.0214. The number of carbonyl (C=O) groups excluding carboxylic acids is 2. The van der Waals surface area contributed by atoms with Crippen molar-refractivity contribution in [1.82, 2.24) is 0 Å². The zero-order valence-corrected chi connectivity index (χ0v) is 47.9. The maximum absolute atomic E-state index is 14.1. The summed E-state index contributed by atoms with van der Waals surface area (Å²) in [5.74, 6) is 2.45. The Hall–Kier alpha value is -5.58. The first-order chi connectivity index (χ1) is 37.4. The van der Waals surface area contributed by atoms with Crippen LogP contribution in [-0.4, -0.2) is 38.4 Å². The van der Waals surface area contributed by atoms with Crippen molar-refractivity contribution in [3.63, 3.8) is 0 Å². The summed E-state index contributed by atoms with van der Waals surface area (Å²) in [6, 6.07) is 34.4. The van der Waals surface area contributed by atoms with Crippen molar-refractivity contribution in [1.29, 1.82) is 0 Å². The molecule has 0 fully saturated rings. The van der Waals surface area contributed by atoms with Crippen LogP contribution in [-0.2, 0) is 0 Å². The summed E-state index contributed by atoms with van der Waals surface area (Å²) in [5, 5.41) is 0. The van der Waals surface area contributed by atoms with Gasteiger partial charge in [-0.1, -0.05) is 156 Å². The average molecular weight is 1070 g/mol. The van der Waals surface area contributed by atoms with Crippen molar-refractivity contribution in [2.24, 2.45) is 0 Å². The molecule has 410 valence electrons. The number of rotatable bonds is 39. The second-order valence-electron chi connectivity index (χ2n) is 19.9. The first-order valence-corrected chi connectivity index (χ1v) is 30.7. The fourth-order valence-corrected chi connectivity index (χ4v) is 11.2. The predicted molar refractivity (Wildman–Crippen MR) is 317 cm³/mol. The number of hydrogen-bond acceptors (Lipinski definition) is 10. The van der Waals surface area contributed by atoms with Gasteiger partial charge in [0.2, 0.25) is 5.75 Å². The average Bonchev–Trinajstić information content (AvgIpc) is 4.15. The first kappa shape index (κ1) is 59.7. The minimum absolute atomic E-state index is 0.373. The van der Waals surface area contributed by atoms with Crippen LogP contribution in [0.1, 0.15) is 203 Å². The molecule has 2 aromatic heterocycles. The fourth-order valence-electron chi connectivity index (χ4n) is 9.11. The van der Waals surface area contributed by atoms with Gasteiger partial charge in [-0.3, -0.25) is 0 Å². The highest BCUT2D eigenvalue weighted by Gasteiger charge is 2.21. The van der Waals surface area contributed by atoms with Crippen LogP contribution in [0.5, 0.6) is 34.5 Å². The van der Waals surface area contributed by atoms with Crippen molar-refractivity contribution in [3.05, 3.63) is 120 Å². The summed E-state index contributed by atoms with van der Waals surface area (Å²) in [5.41, 5.74) is 2.92. The molecular weight excluding hydrogens is 985 g/mol. The molecule has 0 aliphatic rings. The number of esters is 2. The highest BCUT2D eigenvalue weighted by molar-refractivity contribution is 7.25. The van der Waals surface area contributed by atoms with E-state index < -0.39 is 11.9 Å². The molecule has 6 aromatic rings. The maximum atomic E-state index is 14.1. The van der Waals surface area contributed by atoms with Gasteiger partial charge in [-0.2, -0.15) is 0 Å². The Morgan fingerprint density at radius 1 is 0.342 bits per heavy atom. The number of thiophene rings is 2. The second kappa shape index (κ2) is 35.0. The molecule has 0 amide bonds. The van der Waals surface area contributed by atoms with Gasteiger partial charge in [0.05, 0.1) is 37.6 Å². The molecule has 0 aliphatic carbocycles. The molecule has 0 atom stereocenters. The van der Waals surface area contributed by atoms with E-state index in [0.29, 0.717) is 72.1 Å². The van der Waals surface area contributed by atoms with Crippen molar-refractivity contribution >= 4 is 34.6 Å². The summed E-state index contributed by atoms with van der Waals surface area (Å²) in [6.07, 6.45) is 29.1. The van der Waals surface area contributed by atoms with Crippen LogP contribution < -0.4 is 28.4 Å². The minimum atomic E-state index is -0.470. The lowest BCUT2D eigenvalue weighted by molar-refractivity contribution is 0.0724. The van der Waals surface area contributed by atoms with Crippen LogP contribution in [0.25, 0.3) is 30.6 Å². The van der Waals surface area contributed by atoms with E-state index in [4.69, 9.17) is 28.4 Å². The Labute approximate surface area is 463 Å². The minimum Gasteiger partial charge on any atom is -0.494 e. The van der Waals surface area contributed by atoms with Gasteiger partial charge in [0.15, 0.2) is 11.5 Å². The van der Waals surface area contributed by atoms with Gasteiger partial charge in [0, 0.05) is 19.5 Å². The normalized spacial score (nSPS) is 11.2. The smallest absolute Gasteiger partial charge is 0.343 e. The highest BCUT2D eigenvalue weighted by atomic mass is 32.1. The van der Waals surface area contributed by atoms with Gasteiger partial charge in [-0.05, 0) is 147 Å². The van der Waals surface area contributed by atoms with Gasteiger partial charge in [0.25, 0.3) is 0 Å². The summed E-state index contributed by atoms with van der Waals surface area (Å²) < 4.78 is 36.8. The number of benzene rings is 4. The van der Waals surface area contributed by atoms with E-state index in [9.17, 15) is 9.59 Å². The third-order valence-electron chi connectivity index (χ3n) is 13.6. The van der Waals surface area contributed by atoms with Gasteiger partial charge < -0.3 is 28.4 Å². The third kappa shape index (κ3) is 20.8. The van der Waals surface area contributed by atoms with Crippen LogP contribution in [0, 0.1) is 0 Å². The lowest BCUT2D eigenvalue weighted by Gasteiger charge is -2.19. The van der Waals surface area contributed by atoms with E-state index >= 15 is 0 Å². The summed E-state index contributed by atoms with van der Waals surface area (Å²) >= 11 is 3.43. The molecule has 8 nitrogen and oxygen atoms in total. The van der Waals surface area contributed by atoms with Crippen molar-refractivity contribution in [2.75, 3.05) is 26.4 Å². The lowest BCUT2D eigenvalue weighted by atomic mass is 10.1. The van der Waals surface area contributed by atoms with E-state index in [2.05, 4.69) is 45.0 Å². The van der Waals surface area contributed by atoms with Gasteiger partial charge in [-0.15, -0.1) is 22.7 Å². The van der Waals surface area contributed by atoms with Crippen LogP contribution >= 0.6 is 22.7 Å². The molecule has 2 heterocycles. The van der Waals surface area contributed by atoms with E-state index in [-0.39, 0.29) is 0 Å². The largest absolute Gasteiger partial charge is 0.494 e. The fraction of sp³-hybridized carbons (Fsp3) is 0.485. The molecular formula is C66H86O8S2. The SMILES string of the molecule is CCCCCCCCCCOc1cc(C(=O)Oc2ccc(-c3ccc(-c4ccc(-c5ccc(OC(=O)c6ccc(OCC)cc6)cc5)s4)s3)cc2)cc(OCCCCCCCCCC)c1OCCCCCCCCCC. The summed E-state index contributed by atoms with van der Waals surface area (Å²) in [6.45, 7) is 10.9. The van der Waals surface area contributed by atoms with Crippen molar-refractivity contribution < 1.29 is 38.0 Å². The zero-order valence-electron chi connectivity index (χ0n) is 46.3. The molecule has 6 rings (SSSR count). The maximum Gasteiger partial charge on any atom is 0.343 e. The second-order valence-corrected chi connectivity index (χ2v) is 22.1. The molecule has 0 radical (unpaired) electrons. The molecule has 10 heteroatoms. The monoisotopic (exact) mass is 1070 g/mol. The Morgan fingerprint density at radius 2 is 0.684 bits per heavy atom. The van der Waals surface area contributed by atoms with E-state index in [1.807, 2.05) is 55.5 Å². The van der Waals surface area contributed by atoms with Gasteiger partial charge >= 0.3 is 11.9 Å². The summed E-state index contributed by atoms with van der Waals surface area (Å²) in [7, 11) is 0. The van der Waals surface area contributed by atoms with Crippen LogP contribution in [0.15, 0.2) is 109 Å². The first-order valence-electron chi connectivity index (χ1n) is 29.0. The molecule has 0 unspecified atom stereocenters. The number of hydrogen-bond donors (Lipinski definition) is 0. The zero-order chi connectivity index (χ0) is 53.4. The molecule has 0 bridgehead atoms. The van der Waals surface area contributed by atoms with Crippen LogP contribution in [0.3, 0.4) is 0 Å². The van der Waals surface area contributed by atoms with Gasteiger partial charge in [0.1, 0.15) is 17.2 Å². The molecule has 0 aliphatic heterocycles. The molecule has 0 saturated heterocycles. The molecule has 0 N–H and O–H groups in total. The Bertz CT molecular complexity index is 2500. The predicted octanol–water partition coefficient (Wildman–Crippen LogP) is 20.2. The number of ether oxygens (including phenoxy) is 6.